The van der Waals surface area contributed by atoms with Gasteiger partial charge < -0.3 is 14.4 Å². The van der Waals surface area contributed by atoms with Crippen LogP contribution in [-0.2, 0) is 14.3 Å². The van der Waals surface area contributed by atoms with E-state index in [1.54, 1.807) is 28.4 Å². The number of amides is 1. The molecule has 1 heterocycles. The Morgan fingerprint density at radius 3 is 2.26 bits per heavy atom. The van der Waals surface area contributed by atoms with Crippen molar-refractivity contribution in [2.45, 2.75) is 37.9 Å². The molecule has 2 rings (SSSR count). The lowest BCUT2D eigenvalue weighted by molar-refractivity contribution is -0.211. The molecule has 0 bridgehead atoms. The summed E-state index contributed by atoms with van der Waals surface area (Å²) in [4.78, 5) is 38.6. The molecule has 0 spiro atoms. The number of hydrogen-bond donors (Lipinski definition) is 1. The first-order chi connectivity index (χ1) is 14.6. The van der Waals surface area contributed by atoms with Gasteiger partial charge in [-0.1, -0.05) is 30.3 Å². The van der Waals surface area contributed by atoms with Gasteiger partial charge in [-0.25, -0.2) is 9.59 Å². The van der Waals surface area contributed by atoms with Crippen molar-refractivity contribution in [3.8, 4) is 0 Å². The number of rotatable bonds is 8. The molecule has 7 nitrogen and oxygen atoms in total. The molecule has 31 heavy (non-hydrogen) atoms. The van der Waals surface area contributed by atoms with E-state index >= 15 is 0 Å². The molecular weight excluding hydrogens is 417 g/mol. The van der Waals surface area contributed by atoms with Crippen molar-refractivity contribution in [1.29, 1.82) is 0 Å². The smallest absolute Gasteiger partial charge is 0.422 e. The molecular formula is C21H25F3N2O5. The number of likely N-dealkylation sites (tertiary alicyclic amines) is 1. The van der Waals surface area contributed by atoms with Crippen LogP contribution in [0.4, 0.5) is 18.0 Å². The second-order valence-electron chi connectivity index (χ2n) is 6.98. The van der Waals surface area contributed by atoms with E-state index in [9.17, 15) is 27.6 Å². The predicted octanol–water partition coefficient (Wildman–Crippen LogP) is 3.46. The fourth-order valence-electron chi connectivity index (χ4n) is 3.34. The van der Waals surface area contributed by atoms with E-state index in [-0.39, 0.29) is 17.9 Å². The van der Waals surface area contributed by atoms with Gasteiger partial charge in [-0.2, -0.15) is 13.2 Å². The highest BCUT2D eigenvalue weighted by molar-refractivity contribution is 6.05. The van der Waals surface area contributed by atoms with Crippen LogP contribution in [0, 0.1) is 0 Å². The third-order valence-corrected chi connectivity index (χ3v) is 4.92. The number of ketones is 1. The molecule has 1 aromatic carbocycles. The lowest BCUT2D eigenvalue weighted by Crippen LogP contribution is -2.65. The molecule has 1 saturated heterocycles. The number of carbonyl (C=O) groups excluding carboxylic acids is 3. The first-order valence-electron chi connectivity index (χ1n) is 9.79. The van der Waals surface area contributed by atoms with Crippen molar-refractivity contribution in [2.24, 2.45) is 0 Å². The highest BCUT2D eigenvalue weighted by atomic mass is 19.4. The molecule has 1 fully saturated rings. The number of halogens is 3. The van der Waals surface area contributed by atoms with E-state index in [0.29, 0.717) is 13.1 Å². The van der Waals surface area contributed by atoms with Crippen LogP contribution in [0.3, 0.4) is 0 Å². The summed E-state index contributed by atoms with van der Waals surface area (Å²) in [6.45, 7) is 2.06. The summed E-state index contributed by atoms with van der Waals surface area (Å²) < 4.78 is 51.7. The van der Waals surface area contributed by atoms with E-state index in [0.717, 1.165) is 26.0 Å². The number of nitrogens with zero attached hydrogens (tertiary/aromatic N) is 1. The molecule has 1 amide bonds. The zero-order chi connectivity index (χ0) is 23.1. The molecule has 1 unspecified atom stereocenters. The summed E-state index contributed by atoms with van der Waals surface area (Å²) in [6, 6.07) is 8.04. The maximum absolute atomic E-state index is 14.2. The SMILES string of the molecule is CCOC(=O)NC(C/C(=C/C(=O)c1ccccc1)N1CCCC1)(C(=O)OC)C(F)(F)F. The Kier molecular flexibility index (Phi) is 8.07. The minimum absolute atomic E-state index is 0.0223. The molecule has 1 aromatic rings. The van der Waals surface area contributed by atoms with E-state index in [2.05, 4.69) is 9.47 Å². The van der Waals surface area contributed by atoms with Crippen molar-refractivity contribution in [2.75, 3.05) is 26.8 Å². The van der Waals surface area contributed by atoms with Gasteiger partial charge in [0, 0.05) is 36.8 Å². The Morgan fingerprint density at radius 1 is 1.13 bits per heavy atom. The normalized spacial score (nSPS) is 16.4. The third kappa shape index (κ3) is 5.77. The van der Waals surface area contributed by atoms with Crippen LogP contribution in [0.2, 0.25) is 0 Å². The zero-order valence-electron chi connectivity index (χ0n) is 17.3. The number of carbonyl (C=O) groups is 3. The largest absolute Gasteiger partial charge is 0.467 e. The van der Waals surface area contributed by atoms with Gasteiger partial charge in [-0.05, 0) is 19.8 Å². The monoisotopic (exact) mass is 442 g/mol. The van der Waals surface area contributed by atoms with Crippen molar-refractivity contribution in [1.82, 2.24) is 10.2 Å². The quantitative estimate of drug-likeness (QED) is 0.377. The maximum Gasteiger partial charge on any atom is 0.422 e. The number of benzene rings is 1. The summed E-state index contributed by atoms with van der Waals surface area (Å²) in [6.07, 6.45) is -5.13. The number of ether oxygens (including phenoxy) is 2. The Labute approximate surface area is 178 Å². The van der Waals surface area contributed by atoms with Crippen LogP contribution < -0.4 is 5.32 Å². The number of allylic oxidation sites excluding steroid dienone is 1. The predicted molar refractivity (Wildman–Crippen MR) is 105 cm³/mol. The fraction of sp³-hybridized carbons (Fsp3) is 0.476. The molecule has 0 saturated carbocycles. The number of methoxy groups -OCH3 is 1. The summed E-state index contributed by atoms with van der Waals surface area (Å²) in [5, 5.41) is 1.65. The lowest BCUT2D eigenvalue weighted by Gasteiger charge is -2.36. The van der Waals surface area contributed by atoms with Gasteiger partial charge in [0.25, 0.3) is 0 Å². The van der Waals surface area contributed by atoms with Crippen LogP contribution in [0.1, 0.15) is 36.5 Å². The minimum atomic E-state index is -5.22. The number of hydrogen-bond acceptors (Lipinski definition) is 6. The summed E-state index contributed by atoms with van der Waals surface area (Å²) in [5.41, 5.74) is -3.15. The Balaban J connectivity index is 2.52. The van der Waals surface area contributed by atoms with E-state index in [1.165, 1.54) is 19.1 Å². The summed E-state index contributed by atoms with van der Waals surface area (Å²) in [5.74, 6) is -2.22. The molecule has 1 atom stereocenters. The van der Waals surface area contributed by atoms with Crippen molar-refractivity contribution in [3.63, 3.8) is 0 Å². The molecule has 0 radical (unpaired) electrons. The highest BCUT2D eigenvalue weighted by Crippen LogP contribution is 2.38. The average molecular weight is 442 g/mol. The van der Waals surface area contributed by atoms with Crippen LogP contribution in [0.15, 0.2) is 42.1 Å². The van der Waals surface area contributed by atoms with E-state index in [4.69, 9.17) is 0 Å². The zero-order valence-corrected chi connectivity index (χ0v) is 17.3. The van der Waals surface area contributed by atoms with Gasteiger partial charge in [-0.3, -0.25) is 10.1 Å². The Morgan fingerprint density at radius 2 is 1.74 bits per heavy atom. The van der Waals surface area contributed by atoms with Gasteiger partial charge >= 0.3 is 18.2 Å². The maximum atomic E-state index is 14.2. The topological polar surface area (TPSA) is 84.9 Å². The third-order valence-electron chi connectivity index (χ3n) is 4.92. The van der Waals surface area contributed by atoms with Gasteiger partial charge in [0.2, 0.25) is 5.54 Å². The number of esters is 1. The van der Waals surface area contributed by atoms with Crippen molar-refractivity contribution in [3.05, 3.63) is 47.7 Å². The van der Waals surface area contributed by atoms with E-state index < -0.39 is 36.0 Å². The number of alkyl carbamates (subject to hydrolysis) is 1. The molecule has 1 aliphatic rings. The van der Waals surface area contributed by atoms with Crippen molar-refractivity contribution >= 4 is 17.8 Å². The standard InChI is InChI=1S/C21H25F3N2O5/c1-3-31-19(29)25-20(18(28)30-2,21(22,23)24)14-16(26-11-7-8-12-26)13-17(27)15-9-5-4-6-10-15/h4-6,9-10,13H,3,7-8,11-12,14H2,1-2H3,(H,25,29)/b16-13-. The van der Waals surface area contributed by atoms with Crippen LogP contribution in [0.25, 0.3) is 0 Å². The van der Waals surface area contributed by atoms with Crippen molar-refractivity contribution < 1.29 is 37.0 Å². The number of nitrogens with one attached hydrogen (secondary N) is 1. The Hall–Kier alpha value is -3.04. The lowest BCUT2D eigenvalue weighted by atomic mass is 9.91. The second-order valence-corrected chi connectivity index (χ2v) is 6.98. The molecule has 1 aliphatic heterocycles. The van der Waals surface area contributed by atoms with Crippen LogP contribution in [-0.4, -0.2) is 61.3 Å². The summed E-state index contributed by atoms with van der Waals surface area (Å²) >= 11 is 0. The molecule has 0 aliphatic carbocycles. The first kappa shape index (κ1) is 24.2. The highest BCUT2D eigenvalue weighted by Gasteiger charge is 2.63. The van der Waals surface area contributed by atoms with Gasteiger partial charge in [-0.15, -0.1) is 0 Å². The minimum Gasteiger partial charge on any atom is -0.467 e. The van der Waals surface area contributed by atoms with Crippen LogP contribution in [0.5, 0.6) is 0 Å². The molecule has 1 N–H and O–H groups in total. The second kappa shape index (κ2) is 10.3. The van der Waals surface area contributed by atoms with Gasteiger partial charge in [0.05, 0.1) is 13.7 Å². The Bertz CT molecular complexity index is 820. The van der Waals surface area contributed by atoms with E-state index in [1.807, 2.05) is 0 Å². The molecule has 10 heteroatoms. The van der Waals surface area contributed by atoms with Gasteiger partial charge in [0.1, 0.15) is 0 Å². The number of alkyl halides is 3. The summed E-state index contributed by atoms with van der Waals surface area (Å²) in [7, 11) is 0.796. The average Bonchev–Trinajstić information content (AvgIpc) is 3.26. The first-order valence-corrected chi connectivity index (χ1v) is 9.79. The molecule has 0 aromatic heterocycles. The van der Waals surface area contributed by atoms with Crippen LogP contribution >= 0.6 is 0 Å². The van der Waals surface area contributed by atoms with Gasteiger partial charge in [0.15, 0.2) is 5.78 Å². The fourth-order valence-corrected chi connectivity index (χ4v) is 3.34. The molecule has 170 valence electrons.